The van der Waals surface area contributed by atoms with E-state index in [0.29, 0.717) is 11.5 Å². The third-order valence-electron chi connectivity index (χ3n) is 5.47. The van der Waals surface area contributed by atoms with E-state index in [0.717, 1.165) is 11.1 Å². The number of H-pyrrole nitrogens is 1. The first-order valence-corrected chi connectivity index (χ1v) is 10.6. The predicted octanol–water partition coefficient (Wildman–Crippen LogP) is 6.37. The van der Waals surface area contributed by atoms with Crippen molar-refractivity contribution in [2.75, 3.05) is 14.2 Å². The lowest BCUT2D eigenvalue weighted by atomic mass is 9.97. The molecule has 0 aliphatic carbocycles. The smallest absolute Gasteiger partial charge is 0.433 e. The number of nitrogens with zero attached hydrogens (tertiary/aromatic N) is 1. The second-order valence-corrected chi connectivity index (χ2v) is 7.84. The molecular formula is C26H23F3N2O4. The Kier molecular flexibility index (Phi) is 6.59. The van der Waals surface area contributed by atoms with E-state index in [1.54, 1.807) is 6.07 Å². The average molecular weight is 484 g/mol. The molecule has 4 rings (SSSR count). The monoisotopic (exact) mass is 484 g/mol. The van der Waals surface area contributed by atoms with Gasteiger partial charge in [-0.25, -0.2) is 0 Å². The molecule has 1 aromatic heterocycles. The molecule has 3 aromatic carbocycles. The van der Waals surface area contributed by atoms with Gasteiger partial charge in [-0.05, 0) is 42.3 Å². The first kappa shape index (κ1) is 24.0. The molecule has 4 aromatic rings. The zero-order chi connectivity index (χ0) is 25.2. The van der Waals surface area contributed by atoms with E-state index in [-0.39, 0.29) is 40.5 Å². The standard InChI is InChI=1S/C26H23F3N2O4/c1-15-4-6-16(7-5-15)14-35-18-9-10-19(20(32)13-18)24-23(25(31-30-24)26(27,28)29)17-8-11-21(33-2)22(12-17)34-3/h4-13,32H,14H2,1-3H3,(H,30,31). The van der Waals surface area contributed by atoms with Crippen LogP contribution in [0, 0.1) is 6.92 Å². The molecule has 0 fully saturated rings. The van der Waals surface area contributed by atoms with E-state index in [2.05, 4.69) is 10.2 Å². The molecule has 0 bridgehead atoms. The number of halogens is 3. The Morgan fingerprint density at radius 2 is 1.63 bits per heavy atom. The molecule has 0 radical (unpaired) electrons. The van der Waals surface area contributed by atoms with Crippen LogP contribution in [0.25, 0.3) is 22.4 Å². The minimum absolute atomic E-state index is 0.0628. The highest BCUT2D eigenvalue weighted by Gasteiger charge is 2.38. The van der Waals surface area contributed by atoms with Gasteiger partial charge in [0.05, 0.1) is 14.2 Å². The summed E-state index contributed by atoms with van der Waals surface area (Å²) in [6, 6.07) is 16.6. The van der Waals surface area contributed by atoms with Crippen molar-refractivity contribution in [1.29, 1.82) is 0 Å². The number of ether oxygens (including phenoxy) is 3. The summed E-state index contributed by atoms with van der Waals surface area (Å²) in [7, 11) is 2.83. The van der Waals surface area contributed by atoms with Crippen molar-refractivity contribution in [3.8, 4) is 45.4 Å². The Bertz CT molecular complexity index is 1330. The first-order valence-electron chi connectivity index (χ1n) is 10.6. The number of rotatable bonds is 7. The quantitative estimate of drug-likeness (QED) is 0.319. The van der Waals surface area contributed by atoms with E-state index in [1.165, 1.54) is 44.6 Å². The molecule has 0 spiro atoms. The fourth-order valence-corrected chi connectivity index (χ4v) is 3.67. The molecule has 0 amide bonds. The average Bonchev–Trinajstić information content (AvgIpc) is 3.29. The third-order valence-corrected chi connectivity index (χ3v) is 5.47. The fraction of sp³-hybridized carbons (Fsp3) is 0.192. The van der Waals surface area contributed by atoms with Gasteiger partial charge in [-0.3, -0.25) is 5.10 Å². The number of aryl methyl sites for hydroxylation is 1. The van der Waals surface area contributed by atoms with E-state index in [1.807, 2.05) is 31.2 Å². The highest BCUT2D eigenvalue weighted by Crippen LogP contribution is 2.45. The maximum atomic E-state index is 13.8. The van der Waals surface area contributed by atoms with Gasteiger partial charge >= 0.3 is 6.18 Å². The predicted molar refractivity (Wildman–Crippen MR) is 125 cm³/mol. The van der Waals surface area contributed by atoms with Crippen LogP contribution in [0.3, 0.4) is 0 Å². The maximum absolute atomic E-state index is 13.8. The summed E-state index contributed by atoms with van der Waals surface area (Å²) in [6.45, 7) is 2.26. The van der Waals surface area contributed by atoms with Gasteiger partial charge in [0.25, 0.3) is 0 Å². The number of hydrogen-bond acceptors (Lipinski definition) is 5. The number of aromatic nitrogens is 2. The van der Waals surface area contributed by atoms with Gasteiger partial charge in [0.2, 0.25) is 0 Å². The van der Waals surface area contributed by atoms with Crippen LogP contribution in [0.5, 0.6) is 23.0 Å². The summed E-state index contributed by atoms with van der Waals surface area (Å²) in [5.41, 5.74) is 1.05. The van der Waals surface area contributed by atoms with Gasteiger partial charge in [0.15, 0.2) is 11.5 Å². The van der Waals surface area contributed by atoms with Crippen LogP contribution >= 0.6 is 0 Å². The number of methoxy groups -OCH3 is 2. The summed E-state index contributed by atoms with van der Waals surface area (Å²) >= 11 is 0. The van der Waals surface area contributed by atoms with E-state index in [9.17, 15) is 18.3 Å². The Balaban J connectivity index is 1.72. The highest BCUT2D eigenvalue weighted by atomic mass is 19.4. The van der Waals surface area contributed by atoms with Crippen LogP contribution in [0.15, 0.2) is 60.7 Å². The van der Waals surface area contributed by atoms with Crippen LogP contribution in [0.2, 0.25) is 0 Å². The van der Waals surface area contributed by atoms with Crippen molar-refractivity contribution in [3.63, 3.8) is 0 Å². The van der Waals surface area contributed by atoms with E-state index >= 15 is 0 Å². The van der Waals surface area contributed by atoms with E-state index in [4.69, 9.17) is 14.2 Å². The van der Waals surface area contributed by atoms with Crippen LogP contribution in [0.1, 0.15) is 16.8 Å². The Morgan fingerprint density at radius 3 is 2.26 bits per heavy atom. The minimum Gasteiger partial charge on any atom is -0.507 e. The van der Waals surface area contributed by atoms with Crippen molar-refractivity contribution >= 4 is 0 Å². The zero-order valence-corrected chi connectivity index (χ0v) is 19.2. The Hall–Kier alpha value is -4.14. The number of phenols is 1. The molecule has 2 N–H and O–H groups in total. The zero-order valence-electron chi connectivity index (χ0n) is 19.2. The lowest BCUT2D eigenvalue weighted by Gasteiger charge is -2.13. The Labute approximate surface area is 199 Å². The summed E-state index contributed by atoms with van der Waals surface area (Å²) < 4.78 is 57.7. The summed E-state index contributed by atoms with van der Waals surface area (Å²) in [5.74, 6) is 0.724. The molecule has 6 nitrogen and oxygen atoms in total. The number of alkyl halides is 3. The normalized spacial score (nSPS) is 11.4. The van der Waals surface area contributed by atoms with Gasteiger partial charge in [-0.1, -0.05) is 35.9 Å². The second kappa shape index (κ2) is 9.61. The molecule has 1 heterocycles. The van der Waals surface area contributed by atoms with E-state index < -0.39 is 11.9 Å². The lowest BCUT2D eigenvalue weighted by molar-refractivity contribution is -0.140. The number of nitrogens with one attached hydrogen (secondary N) is 1. The van der Waals surface area contributed by atoms with Crippen molar-refractivity contribution in [3.05, 3.63) is 77.5 Å². The van der Waals surface area contributed by atoms with Crippen molar-refractivity contribution in [2.24, 2.45) is 0 Å². The molecule has 0 aliphatic heterocycles. The van der Waals surface area contributed by atoms with Gasteiger partial charge < -0.3 is 19.3 Å². The molecule has 182 valence electrons. The molecule has 9 heteroatoms. The number of aromatic amines is 1. The lowest BCUT2D eigenvalue weighted by Crippen LogP contribution is -2.07. The van der Waals surface area contributed by atoms with Gasteiger partial charge in [0.1, 0.15) is 29.5 Å². The number of hydrogen-bond donors (Lipinski definition) is 2. The first-order chi connectivity index (χ1) is 16.7. The molecule has 35 heavy (non-hydrogen) atoms. The molecule has 0 saturated heterocycles. The van der Waals surface area contributed by atoms with Crippen LogP contribution in [0.4, 0.5) is 13.2 Å². The molecule has 0 atom stereocenters. The number of phenolic OH excluding ortho intramolecular Hbond substituents is 1. The third kappa shape index (κ3) is 5.03. The molecular weight excluding hydrogens is 461 g/mol. The van der Waals surface area contributed by atoms with Crippen LogP contribution in [-0.4, -0.2) is 29.5 Å². The second-order valence-electron chi connectivity index (χ2n) is 7.84. The summed E-state index contributed by atoms with van der Waals surface area (Å²) in [4.78, 5) is 0. The van der Waals surface area contributed by atoms with Gasteiger partial charge in [-0.2, -0.15) is 18.3 Å². The maximum Gasteiger partial charge on any atom is 0.433 e. The number of aromatic hydroxyl groups is 1. The topological polar surface area (TPSA) is 76.6 Å². The Morgan fingerprint density at radius 1 is 0.914 bits per heavy atom. The number of benzene rings is 3. The van der Waals surface area contributed by atoms with Gasteiger partial charge in [0, 0.05) is 17.2 Å². The van der Waals surface area contributed by atoms with Crippen molar-refractivity contribution < 1.29 is 32.5 Å². The minimum atomic E-state index is -4.71. The fourth-order valence-electron chi connectivity index (χ4n) is 3.67. The van der Waals surface area contributed by atoms with Gasteiger partial charge in [-0.15, -0.1) is 0 Å². The summed E-state index contributed by atoms with van der Waals surface area (Å²) in [6.07, 6.45) is -4.71. The highest BCUT2D eigenvalue weighted by molar-refractivity contribution is 5.86. The molecule has 0 aliphatic rings. The summed E-state index contributed by atoms with van der Waals surface area (Å²) in [5, 5.41) is 16.7. The van der Waals surface area contributed by atoms with Crippen LogP contribution < -0.4 is 14.2 Å². The largest absolute Gasteiger partial charge is 0.507 e. The van der Waals surface area contributed by atoms with Crippen molar-refractivity contribution in [1.82, 2.24) is 10.2 Å². The van der Waals surface area contributed by atoms with Crippen LogP contribution in [-0.2, 0) is 12.8 Å². The molecule has 0 unspecified atom stereocenters. The molecule has 0 saturated carbocycles. The van der Waals surface area contributed by atoms with Crippen molar-refractivity contribution in [2.45, 2.75) is 19.7 Å². The SMILES string of the molecule is COc1ccc(-c2c(-c3ccc(OCc4ccc(C)cc4)cc3O)n[nH]c2C(F)(F)F)cc1OC.